The Bertz CT molecular complexity index is 214. The predicted octanol–water partition coefficient (Wildman–Crippen LogP) is 2.34. The molecule has 110 valence electrons. The van der Waals surface area contributed by atoms with Gasteiger partial charge in [0.25, 0.3) is 0 Å². The summed E-state index contributed by atoms with van der Waals surface area (Å²) in [4.78, 5) is 0. The number of aliphatic hydroxyl groups is 1. The Morgan fingerprint density at radius 2 is 1.83 bits per heavy atom. The summed E-state index contributed by atoms with van der Waals surface area (Å²) in [6.45, 7) is 5.75. The Hall–Kier alpha value is -0.330. The molecule has 0 spiro atoms. The molecule has 3 nitrogen and oxygen atoms in total. The summed E-state index contributed by atoms with van der Waals surface area (Å²) in [5, 5.41) is 12.2. The topological polar surface area (TPSA) is 41.5 Å². The van der Waals surface area contributed by atoms with E-state index in [0.717, 1.165) is 0 Å². The first-order chi connectivity index (χ1) is 8.17. The highest BCUT2D eigenvalue weighted by molar-refractivity contribution is 4.79. The van der Waals surface area contributed by atoms with Crippen LogP contribution in [-0.4, -0.2) is 43.7 Å². The van der Waals surface area contributed by atoms with E-state index >= 15 is 0 Å². The number of halogens is 3. The first kappa shape index (κ1) is 17.7. The van der Waals surface area contributed by atoms with Gasteiger partial charge in [-0.1, -0.05) is 20.8 Å². The maximum Gasteiger partial charge on any atom is 0.411 e. The molecule has 0 saturated carbocycles. The lowest BCUT2D eigenvalue weighted by atomic mass is 9.85. The van der Waals surface area contributed by atoms with Crippen molar-refractivity contribution in [1.82, 2.24) is 5.32 Å². The van der Waals surface area contributed by atoms with E-state index in [4.69, 9.17) is 5.11 Å². The largest absolute Gasteiger partial charge is 0.411 e. The van der Waals surface area contributed by atoms with E-state index in [2.05, 4.69) is 30.8 Å². The molecule has 0 rings (SSSR count). The highest BCUT2D eigenvalue weighted by atomic mass is 19.4. The molecule has 0 radical (unpaired) electrons. The van der Waals surface area contributed by atoms with Crippen molar-refractivity contribution in [1.29, 1.82) is 0 Å². The quantitative estimate of drug-likeness (QED) is 0.666. The number of hydrogen-bond donors (Lipinski definition) is 2. The number of ether oxygens (including phenoxy) is 1. The summed E-state index contributed by atoms with van der Waals surface area (Å²) in [6.07, 6.45) is -3.10. The summed E-state index contributed by atoms with van der Waals surface area (Å²) in [5.41, 5.74) is 0.00948. The molecule has 0 heterocycles. The Labute approximate surface area is 107 Å². The third kappa shape index (κ3) is 9.67. The van der Waals surface area contributed by atoms with Crippen molar-refractivity contribution in [2.24, 2.45) is 5.41 Å². The molecule has 0 aromatic rings. The highest BCUT2D eigenvalue weighted by Crippen LogP contribution is 2.21. The molecule has 1 atom stereocenters. The normalized spacial score (nSPS) is 14.8. The second kappa shape index (κ2) is 7.96. The summed E-state index contributed by atoms with van der Waals surface area (Å²) < 4.78 is 39.9. The average molecular weight is 271 g/mol. The smallest absolute Gasteiger partial charge is 0.396 e. The van der Waals surface area contributed by atoms with Gasteiger partial charge in [-0.3, -0.25) is 0 Å². The molecule has 2 N–H and O–H groups in total. The molecular formula is C12H24F3NO2. The summed E-state index contributed by atoms with van der Waals surface area (Å²) in [6, 6.07) is 0.144. The zero-order valence-electron chi connectivity index (χ0n) is 11.3. The average Bonchev–Trinajstić information content (AvgIpc) is 2.18. The van der Waals surface area contributed by atoms with Crippen LogP contribution in [0.1, 0.15) is 33.6 Å². The van der Waals surface area contributed by atoms with Crippen molar-refractivity contribution in [3.63, 3.8) is 0 Å². The minimum Gasteiger partial charge on any atom is -0.396 e. The summed E-state index contributed by atoms with van der Waals surface area (Å²) in [7, 11) is 0. The Morgan fingerprint density at radius 1 is 1.22 bits per heavy atom. The second-order valence-corrected chi connectivity index (χ2v) is 5.41. The van der Waals surface area contributed by atoms with Crippen LogP contribution in [-0.2, 0) is 4.74 Å². The zero-order valence-corrected chi connectivity index (χ0v) is 11.3. The third-order valence-electron chi connectivity index (χ3n) is 2.59. The van der Waals surface area contributed by atoms with E-state index in [1.54, 1.807) is 0 Å². The maximum atomic E-state index is 11.8. The van der Waals surface area contributed by atoms with Crippen molar-refractivity contribution < 1.29 is 23.0 Å². The van der Waals surface area contributed by atoms with Crippen LogP contribution in [0.5, 0.6) is 0 Å². The minimum absolute atomic E-state index is 0.00948. The minimum atomic E-state index is -4.25. The lowest BCUT2D eigenvalue weighted by Gasteiger charge is -2.31. The van der Waals surface area contributed by atoms with Gasteiger partial charge in [0.15, 0.2) is 0 Å². The Morgan fingerprint density at radius 3 is 2.28 bits per heavy atom. The number of hydrogen-bond acceptors (Lipinski definition) is 3. The third-order valence-corrected chi connectivity index (χ3v) is 2.59. The van der Waals surface area contributed by atoms with Crippen LogP contribution in [0.25, 0.3) is 0 Å². The van der Waals surface area contributed by atoms with Gasteiger partial charge >= 0.3 is 6.18 Å². The van der Waals surface area contributed by atoms with Crippen molar-refractivity contribution in [2.45, 2.75) is 45.8 Å². The van der Waals surface area contributed by atoms with Gasteiger partial charge in [0.1, 0.15) is 6.61 Å². The van der Waals surface area contributed by atoms with Gasteiger partial charge in [-0.05, 0) is 24.8 Å². The Kier molecular flexibility index (Phi) is 7.82. The monoisotopic (exact) mass is 271 g/mol. The number of aliphatic hydroxyl groups excluding tert-OH is 1. The predicted molar refractivity (Wildman–Crippen MR) is 64.4 cm³/mol. The molecule has 0 bridgehead atoms. The lowest BCUT2D eigenvalue weighted by Crippen LogP contribution is -2.41. The van der Waals surface area contributed by atoms with Crippen LogP contribution in [0.2, 0.25) is 0 Å². The van der Waals surface area contributed by atoms with Gasteiger partial charge in [-0.25, -0.2) is 0 Å². The zero-order chi connectivity index (χ0) is 14.2. The molecule has 0 aliphatic rings. The van der Waals surface area contributed by atoms with Crippen molar-refractivity contribution in [2.75, 3.05) is 26.4 Å². The molecule has 0 amide bonds. The molecule has 1 unspecified atom stereocenters. The van der Waals surface area contributed by atoms with E-state index in [1.807, 2.05) is 0 Å². The van der Waals surface area contributed by atoms with E-state index < -0.39 is 12.8 Å². The van der Waals surface area contributed by atoms with Crippen LogP contribution in [0.15, 0.2) is 0 Å². The summed E-state index contributed by atoms with van der Waals surface area (Å²) >= 11 is 0. The van der Waals surface area contributed by atoms with Crippen molar-refractivity contribution in [3.8, 4) is 0 Å². The molecule has 0 fully saturated rings. The SMILES string of the molecule is CC(C)(C)C(CCO)NCCCOCC(F)(F)F. The molecule has 0 aromatic carbocycles. The second-order valence-electron chi connectivity index (χ2n) is 5.41. The van der Waals surface area contributed by atoms with Gasteiger partial charge in [-0.2, -0.15) is 13.2 Å². The van der Waals surface area contributed by atoms with Crippen molar-refractivity contribution in [3.05, 3.63) is 0 Å². The number of nitrogens with one attached hydrogen (secondary N) is 1. The van der Waals surface area contributed by atoms with Gasteiger partial charge in [0.05, 0.1) is 0 Å². The molecule has 0 aromatic heterocycles. The van der Waals surface area contributed by atoms with E-state index in [1.165, 1.54) is 0 Å². The standard InChI is InChI=1S/C12H24F3NO2/c1-11(2,3)10(5-7-17)16-6-4-8-18-9-12(13,14)15/h10,16-17H,4-9H2,1-3H3. The van der Waals surface area contributed by atoms with Crippen LogP contribution in [0.3, 0.4) is 0 Å². The van der Waals surface area contributed by atoms with E-state index in [0.29, 0.717) is 19.4 Å². The van der Waals surface area contributed by atoms with Crippen molar-refractivity contribution >= 4 is 0 Å². The van der Waals surface area contributed by atoms with Crippen LogP contribution < -0.4 is 5.32 Å². The molecule has 0 saturated heterocycles. The molecular weight excluding hydrogens is 247 g/mol. The Balaban J connectivity index is 3.68. The lowest BCUT2D eigenvalue weighted by molar-refractivity contribution is -0.174. The van der Waals surface area contributed by atoms with Gasteiger partial charge < -0.3 is 15.2 Å². The highest BCUT2D eigenvalue weighted by Gasteiger charge is 2.27. The molecule has 0 aliphatic carbocycles. The van der Waals surface area contributed by atoms with Crippen LogP contribution in [0, 0.1) is 5.41 Å². The first-order valence-corrected chi connectivity index (χ1v) is 6.15. The van der Waals surface area contributed by atoms with Gasteiger partial charge in [-0.15, -0.1) is 0 Å². The fourth-order valence-corrected chi connectivity index (χ4v) is 1.61. The number of rotatable bonds is 8. The maximum absolute atomic E-state index is 11.8. The first-order valence-electron chi connectivity index (χ1n) is 6.15. The fraction of sp³-hybridized carbons (Fsp3) is 1.00. The van der Waals surface area contributed by atoms with Gasteiger partial charge in [0, 0.05) is 19.3 Å². The van der Waals surface area contributed by atoms with Crippen LogP contribution in [0.4, 0.5) is 13.2 Å². The number of alkyl halides is 3. The van der Waals surface area contributed by atoms with E-state index in [9.17, 15) is 13.2 Å². The molecule has 0 aliphatic heterocycles. The summed E-state index contributed by atoms with van der Waals surface area (Å²) in [5.74, 6) is 0. The molecule has 18 heavy (non-hydrogen) atoms. The molecule has 6 heteroatoms. The van der Waals surface area contributed by atoms with E-state index in [-0.39, 0.29) is 24.7 Å². The van der Waals surface area contributed by atoms with Crippen LogP contribution >= 0.6 is 0 Å². The fourth-order valence-electron chi connectivity index (χ4n) is 1.61. The van der Waals surface area contributed by atoms with Gasteiger partial charge in [0.2, 0.25) is 0 Å².